The van der Waals surface area contributed by atoms with Crippen LogP contribution in [0.15, 0.2) is 35.8 Å². The first kappa shape index (κ1) is 17.3. The molecule has 1 amide bonds. The number of amides is 1. The van der Waals surface area contributed by atoms with Crippen molar-refractivity contribution >= 4 is 5.91 Å². The maximum absolute atomic E-state index is 12.4. The van der Waals surface area contributed by atoms with Crippen LogP contribution in [-0.2, 0) is 6.54 Å². The van der Waals surface area contributed by atoms with Gasteiger partial charge in [0.05, 0.1) is 18.2 Å². The molecule has 0 saturated carbocycles. The van der Waals surface area contributed by atoms with Crippen LogP contribution < -0.4 is 5.56 Å². The maximum atomic E-state index is 12.4. The first-order valence-electron chi connectivity index (χ1n) is 8.66. The van der Waals surface area contributed by atoms with Gasteiger partial charge in [0.15, 0.2) is 0 Å². The van der Waals surface area contributed by atoms with Gasteiger partial charge < -0.3 is 4.90 Å². The van der Waals surface area contributed by atoms with Crippen LogP contribution in [0.1, 0.15) is 48.8 Å². The summed E-state index contributed by atoms with van der Waals surface area (Å²) in [5, 5.41) is 0. The van der Waals surface area contributed by atoms with E-state index in [0.29, 0.717) is 31.2 Å². The lowest BCUT2D eigenvalue weighted by Crippen LogP contribution is -2.40. The van der Waals surface area contributed by atoms with Crippen LogP contribution in [-0.4, -0.2) is 43.4 Å². The van der Waals surface area contributed by atoms with E-state index in [-0.39, 0.29) is 17.4 Å². The molecule has 25 heavy (non-hydrogen) atoms. The molecular formula is C18H23N5O2. The number of hydrogen-bond donors (Lipinski definition) is 0. The molecular weight excluding hydrogens is 318 g/mol. The van der Waals surface area contributed by atoms with Crippen LogP contribution in [0.3, 0.4) is 0 Å². The van der Waals surface area contributed by atoms with Gasteiger partial charge in [-0.2, -0.15) is 0 Å². The summed E-state index contributed by atoms with van der Waals surface area (Å²) in [6.07, 6.45) is 7.96. The fourth-order valence-electron chi connectivity index (χ4n) is 3.06. The average Bonchev–Trinajstić information content (AvgIpc) is 2.64. The highest BCUT2D eigenvalue weighted by atomic mass is 16.2. The number of likely N-dealkylation sites (tertiary alicyclic amines) is 1. The van der Waals surface area contributed by atoms with E-state index in [2.05, 4.69) is 15.0 Å². The molecule has 0 spiro atoms. The minimum absolute atomic E-state index is 0.00299. The summed E-state index contributed by atoms with van der Waals surface area (Å²) in [5.41, 5.74) is 1.20. The van der Waals surface area contributed by atoms with Crippen LogP contribution in [0.2, 0.25) is 0 Å². The normalized spacial score (nSPS) is 15.6. The van der Waals surface area contributed by atoms with Crippen LogP contribution >= 0.6 is 0 Å². The molecule has 0 unspecified atom stereocenters. The second kappa shape index (κ2) is 7.55. The largest absolute Gasteiger partial charge is 0.337 e. The predicted octanol–water partition coefficient (Wildman–Crippen LogP) is 1.71. The third kappa shape index (κ3) is 4.10. The molecule has 1 aliphatic rings. The van der Waals surface area contributed by atoms with Gasteiger partial charge in [0, 0.05) is 38.1 Å². The SMILES string of the molecule is CC(C)c1cc(=O)n(CC2CCN(C(=O)c3cnccn3)CC2)cn1. The molecule has 7 nitrogen and oxygen atoms in total. The van der Waals surface area contributed by atoms with E-state index in [9.17, 15) is 9.59 Å². The summed E-state index contributed by atoms with van der Waals surface area (Å²) >= 11 is 0. The molecule has 2 aromatic rings. The van der Waals surface area contributed by atoms with Crippen molar-refractivity contribution in [2.24, 2.45) is 5.92 Å². The fourth-order valence-corrected chi connectivity index (χ4v) is 3.06. The van der Waals surface area contributed by atoms with Crippen molar-refractivity contribution in [3.8, 4) is 0 Å². The summed E-state index contributed by atoms with van der Waals surface area (Å²) in [6.45, 7) is 6.04. The first-order chi connectivity index (χ1) is 12.0. The summed E-state index contributed by atoms with van der Waals surface area (Å²) < 4.78 is 1.68. The fraction of sp³-hybridized carbons (Fsp3) is 0.500. The van der Waals surface area contributed by atoms with Crippen molar-refractivity contribution in [2.75, 3.05) is 13.1 Å². The Balaban J connectivity index is 1.58. The van der Waals surface area contributed by atoms with Gasteiger partial charge in [-0.25, -0.2) is 9.97 Å². The Bertz CT molecular complexity index is 780. The van der Waals surface area contributed by atoms with E-state index >= 15 is 0 Å². The summed E-state index contributed by atoms with van der Waals surface area (Å²) in [5.74, 6) is 0.541. The van der Waals surface area contributed by atoms with E-state index < -0.39 is 0 Å². The lowest BCUT2D eigenvalue weighted by atomic mass is 9.96. The second-order valence-corrected chi connectivity index (χ2v) is 6.79. The molecule has 1 aliphatic heterocycles. The molecule has 0 aliphatic carbocycles. The minimum Gasteiger partial charge on any atom is -0.337 e. The monoisotopic (exact) mass is 341 g/mol. The Labute approximate surface area is 146 Å². The van der Waals surface area contributed by atoms with Crippen molar-refractivity contribution in [1.29, 1.82) is 0 Å². The van der Waals surface area contributed by atoms with Crippen molar-refractivity contribution in [2.45, 2.75) is 39.2 Å². The van der Waals surface area contributed by atoms with Crippen molar-refractivity contribution < 1.29 is 4.79 Å². The summed E-state index contributed by atoms with van der Waals surface area (Å²) in [7, 11) is 0. The summed E-state index contributed by atoms with van der Waals surface area (Å²) in [4.78, 5) is 38.8. The van der Waals surface area contributed by atoms with Gasteiger partial charge in [-0.05, 0) is 24.7 Å². The van der Waals surface area contributed by atoms with E-state index in [4.69, 9.17) is 0 Å². The Morgan fingerprint density at radius 1 is 1.24 bits per heavy atom. The lowest BCUT2D eigenvalue weighted by molar-refractivity contribution is 0.0676. The number of rotatable bonds is 4. The van der Waals surface area contributed by atoms with Gasteiger partial charge in [-0.1, -0.05) is 13.8 Å². The highest BCUT2D eigenvalue weighted by Gasteiger charge is 2.24. The predicted molar refractivity (Wildman–Crippen MR) is 93.2 cm³/mol. The van der Waals surface area contributed by atoms with Crippen molar-refractivity contribution in [1.82, 2.24) is 24.4 Å². The number of piperidine rings is 1. The van der Waals surface area contributed by atoms with E-state index in [1.54, 1.807) is 23.2 Å². The van der Waals surface area contributed by atoms with Crippen LogP contribution in [0, 0.1) is 5.92 Å². The number of carbonyl (C=O) groups is 1. The molecule has 1 saturated heterocycles. The first-order valence-corrected chi connectivity index (χ1v) is 8.66. The zero-order valence-electron chi connectivity index (χ0n) is 14.6. The molecule has 0 aromatic carbocycles. The second-order valence-electron chi connectivity index (χ2n) is 6.79. The van der Waals surface area contributed by atoms with Gasteiger partial charge >= 0.3 is 0 Å². The third-order valence-corrected chi connectivity index (χ3v) is 4.63. The van der Waals surface area contributed by atoms with E-state index in [0.717, 1.165) is 18.5 Å². The Morgan fingerprint density at radius 3 is 2.60 bits per heavy atom. The number of carbonyl (C=O) groups excluding carboxylic acids is 1. The number of aromatic nitrogens is 4. The zero-order chi connectivity index (χ0) is 17.8. The quantitative estimate of drug-likeness (QED) is 0.846. The van der Waals surface area contributed by atoms with Gasteiger partial charge in [0.25, 0.3) is 11.5 Å². The molecule has 0 radical (unpaired) electrons. The molecule has 0 atom stereocenters. The van der Waals surface area contributed by atoms with Gasteiger partial charge in [-0.3, -0.25) is 19.1 Å². The Hall–Kier alpha value is -2.57. The van der Waals surface area contributed by atoms with E-state index in [1.165, 1.54) is 12.4 Å². The standard InChI is InChI=1S/C18H23N5O2/c1-13(2)15-9-17(24)23(12-21-15)11-14-3-7-22(8-4-14)18(25)16-10-19-5-6-20-16/h5-6,9-10,12-14H,3-4,7-8,11H2,1-2H3. The van der Waals surface area contributed by atoms with E-state index in [1.807, 2.05) is 18.7 Å². The average molecular weight is 341 g/mol. The van der Waals surface area contributed by atoms with Gasteiger partial charge in [0.2, 0.25) is 0 Å². The lowest BCUT2D eigenvalue weighted by Gasteiger charge is -2.32. The molecule has 0 bridgehead atoms. The van der Waals surface area contributed by atoms with Crippen molar-refractivity contribution in [3.05, 3.63) is 52.7 Å². The molecule has 132 valence electrons. The third-order valence-electron chi connectivity index (χ3n) is 4.63. The number of hydrogen-bond acceptors (Lipinski definition) is 5. The maximum Gasteiger partial charge on any atom is 0.274 e. The molecule has 1 fully saturated rings. The smallest absolute Gasteiger partial charge is 0.274 e. The Kier molecular flexibility index (Phi) is 5.21. The molecule has 0 N–H and O–H groups in total. The van der Waals surface area contributed by atoms with Crippen molar-refractivity contribution in [3.63, 3.8) is 0 Å². The minimum atomic E-state index is -0.0772. The highest BCUT2D eigenvalue weighted by molar-refractivity contribution is 5.91. The summed E-state index contributed by atoms with van der Waals surface area (Å²) in [6, 6.07) is 1.62. The zero-order valence-corrected chi connectivity index (χ0v) is 14.6. The molecule has 3 rings (SSSR count). The van der Waals surface area contributed by atoms with Gasteiger partial charge in [-0.15, -0.1) is 0 Å². The van der Waals surface area contributed by atoms with Crippen LogP contribution in [0.5, 0.6) is 0 Å². The molecule has 2 aromatic heterocycles. The topological polar surface area (TPSA) is 81.0 Å². The number of nitrogens with zero attached hydrogens (tertiary/aromatic N) is 5. The van der Waals surface area contributed by atoms with Gasteiger partial charge in [0.1, 0.15) is 5.69 Å². The molecule has 3 heterocycles. The highest BCUT2D eigenvalue weighted by Crippen LogP contribution is 2.20. The Morgan fingerprint density at radius 2 is 2.00 bits per heavy atom. The van der Waals surface area contributed by atoms with Crippen LogP contribution in [0.25, 0.3) is 0 Å². The van der Waals surface area contributed by atoms with Crippen LogP contribution in [0.4, 0.5) is 0 Å². The molecule has 7 heteroatoms.